The number of rotatable bonds is 4. The fourth-order valence-corrected chi connectivity index (χ4v) is 2.83. The Labute approximate surface area is 104 Å². The van der Waals surface area contributed by atoms with Crippen molar-refractivity contribution in [3.05, 3.63) is 11.1 Å². The Morgan fingerprint density at radius 2 is 2.59 bits per heavy atom. The fourth-order valence-electron chi connectivity index (χ4n) is 1.91. The normalized spacial score (nSPS) is 20.5. The van der Waals surface area contributed by atoms with Gasteiger partial charge in [-0.05, 0) is 6.42 Å². The molecule has 1 aromatic rings. The maximum absolute atomic E-state index is 10.6. The summed E-state index contributed by atoms with van der Waals surface area (Å²) in [5.41, 5.74) is 0.638. The Balaban J connectivity index is 2.09. The van der Waals surface area contributed by atoms with Crippen molar-refractivity contribution in [2.24, 2.45) is 0 Å². The number of nitrogens with zero attached hydrogens (tertiary/aromatic N) is 2. The zero-order valence-electron chi connectivity index (χ0n) is 9.76. The molecule has 1 unspecified atom stereocenters. The first kappa shape index (κ1) is 12.3. The number of carbonyl (C=O) groups is 1. The van der Waals surface area contributed by atoms with E-state index in [0.29, 0.717) is 18.3 Å². The summed E-state index contributed by atoms with van der Waals surface area (Å²) in [6.07, 6.45) is 1.01. The van der Waals surface area contributed by atoms with Gasteiger partial charge in [0.15, 0.2) is 5.13 Å². The number of hydrogen-bond acceptors (Lipinski definition) is 5. The molecule has 0 aromatic carbocycles. The fraction of sp³-hybridized carbons (Fsp3) is 0.636. The van der Waals surface area contributed by atoms with Gasteiger partial charge in [-0.25, -0.2) is 4.98 Å². The van der Waals surface area contributed by atoms with E-state index in [1.54, 1.807) is 0 Å². The molecule has 94 valence electrons. The summed E-state index contributed by atoms with van der Waals surface area (Å²) < 4.78 is 5.44. The monoisotopic (exact) mass is 256 g/mol. The van der Waals surface area contributed by atoms with Gasteiger partial charge in [-0.1, -0.05) is 6.92 Å². The summed E-state index contributed by atoms with van der Waals surface area (Å²) in [6, 6.07) is 0.354. The van der Waals surface area contributed by atoms with Crippen molar-refractivity contribution in [1.82, 2.24) is 4.98 Å². The van der Waals surface area contributed by atoms with Crippen LogP contribution in [0, 0.1) is 0 Å². The topological polar surface area (TPSA) is 62.7 Å². The van der Waals surface area contributed by atoms with Crippen LogP contribution in [0.4, 0.5) is 5.13 Å². The van der Waals surface area contributed by atoms with Crippen LogP contribution in [0.15, 0.2) is 5.38 Å². The quantitative estimate of drug-likeness (QED) is 0.882. The maximum atomic E-state index is 10.6. The number of ether oxygens (including phenoxy) is 1. The summed E-state index contributed by atoms with van der Waals surface area (Å²) in [5, 5.41) is 11.5. The van der Waals surface area contributed by atoms with Gasteiger partial charge in [0.05, 0.1) is 31.4 Å². The lowest BCUT2D eigenvalue weighted by Crippen LogP contribution is -2.45. The number of anilines is 1. The first-order valence-corrected chi connectivity index (χ1v) is 6.59. The minimum atomic E-state index is -0.837. The van der Waals surface area contributed by atoms with Gasteiger partial charge >= 0.3 is 5.97 Å². The Morgan fingerprint density at radius 3 is 3.29 bits per heavy atom. The molecule has 2 rings (SSSR count). The first-order chi connectivity index (χ1) is 8.20. The molecule has 5 nitrogen and oxygen atoms in total. The summed E-state index contributed by atoms with van der Waals surface area (Å²) in [6.45, 7) is 4.39. The van der Waals surface area contributed by atoms with Gasteiger partial charge in [-0.2, -0.15) is 0 Å². The molecule has 2 heterocycles. The first-order valence-electron chi connectivity index (χ1n) is 5.71. The third-order valence-electron chi connectivity index (χ3n) is 2.82. The van der Waals surface area contributed by atoms with Crippen LogP contribution in [0.5, 0.6) is 0 Å². The van der Waals surface area contributed by atoms with E-state index in [4.69, 9.17) is 9.84 Å². The predicted octanol–water partition coefficient (Wildman–Crippen LogP) is 1.39. The second kappa shape index (κ2) is 5.46. The number of aromatic nitrogens is 1. The molecule has 0 bridgehead atoms. The second-order valence-electron chi connectivity index (χ2n) is 4.02. The third-order valence-corrected chi connectivity index (χ3v) is 3.74. The molecule has 1 atom stereocenters. The molecule has 1 aliphatic rings. The van der Waals surface area contributed by atoms with E-state index < -0.39 is 5.97 Å². The molecule has 1 fully saturated rings. The van der Waals surface area contributed by atoms with E-state index in [1.807, 2.05) is 5.38 Å². The standard InChI is InChI=1S/C11H16N2O3S/c1-2-9-6-16-4-3-13(9)11-12-8(7-17-11)5-10(14)15/h7,9H,2-6H2,1H3,(H,14,15). The van der Waals surface area contributed by atoms with Crippen LogP contribution in [0.3, 0.4) is 0 Å². The minimum Gasteiger partial charge on any atom is -0.481 e. The Kier molecular flexibility index (Phi) is 3.96. The lowest BCUT2D eigenvalue weighted by molar-refractivity contribution is -0.136. The van der Waals surface area contributed by atoms with Crippen molar-refractivity contribution >= 4 is 22.4 Å². The van der Waals surface area contributed by atoms with Gasteiger partial charge < -0.3 is 14.7 Å². The molecule has 0 aliphatic carbocycles. The number of hydrogen-bond donors (Lipinski definition) is 1. The van der Waals surface area contributed by atoms with Crippen molar-refractivity contribution in [2.45, 2.75) is 25.8 Å². The molecule has 1 saturated heterocycles. The molecule has 0 radical (unpaired) electrons. The smallest absolute Gasteiger partial charge is 0.309 e. The summed E-state index contributed by atoms with van der Waals surface area (Å²) in [5.74, 6) is -0.837. The molecular formula is C11H16N2O3S. The predicted molar refractivity (Wildman–Crippen MR) is 65.7 cm³/mol. The molecular weight excluding hydrogens is 240 g/mol. The van der Waals surface area contributed by atoms with Gasteiger partial charge in [0.1, 0.15) is 0 Å². The SMILES string of the molecule is CCC1COCCN1c1nc(CC(=O)O)cs1. The number of morpholine rings is 1. The van der Waals surface area contributed by atoms with Gasteiger partial charge in [-0.15, -0.1) is 11.3 Å². The van der Waals surface area contributed by atoms with Crippen molar-refractivity contribution in [1.29, 1.82) is 0 Å². The summed E-state index contributed by atoms with van der Waals surface area (Å²) >= 11 is 1.51. The average Bonchev–Trinajstić information content (AvgIpc) is 2.76. The van der Waals surface area contributed by atoms with Crippen LogP contribution in [0.2, 0.25) is 0 Å². The molecule has 0 saturated carbocycles. The Bertz CT molecular complexity index is 394. The van der Waals surface area contributed by atoms with Crippen LogP contribution in [-0.2, 0) is 16.0 Å². The lowest BCUT2D eigenvalue weighted by Gasteiger charge is -2.34. The van der Waals surface area contributed by atoms with Crippen molar-refractivity contribution in [3.8, 4) is 0 Å². The number of carboxylic acids is 1. The van der Waals surface area contributed by atoms with Gasteiger partial charge in [-0.3, -0.25) is 4.79 Å². The van der Waals surface area contributed by atoms with E-state index in [2.05, 4.69) is 16.8 Å². The molecule has 6 heteroatoms. The van der Waals surface area contributed by atoms with E-state index in [0.717, 1.165) is 24.7 Å². The highest BCUT2D eigenvalue weighted by atomic mass is 32.1. The van der Waals surface area contributed by atoms with E-state index >= 15 is 0 Å². The molecule has 17 heavy (non-hydrogen) atoms. The number of aliphatic carboxylic acids is 1. The highest BCUT2D eigenvalue weighted by Gasteiger charge is 2.24. The Morgan fingerprint density at radius 1 is 1.76 bits per heavy atom. The number of thiazole rings is 1. The van der Waals surface area contributed by atoms with Gasteiger partial charge in [0.25, 0.3) is 0 Å². The molecule has 0 spiro atoms. The van der Waals surface area contributed by atoms with Crippen LogP contribution in [-0.4, -0.2) is 41.9 Å². The zero-order valence-corrected chi connectivity index (χ0v) is 10.6. The minimum absolute atomic E-state index is 0.00235. The number of carboxylic acid groups (broad SMARTS) is 1. The second-order valence-corrected chi connectivity index (χ2v) is 4.86. The lowest BCUT2D eigenvalue weighted by atomic mass is 10.2. The molecule has 0 amide bonds. The zero-order chi connectivity index (χ0) is 12.3. The van der Waals surface area contributed by atoms with Crippen molar-refractivity contribution in [3.63, 3.8) is 0 Å². The van der Waals surface area contributed by atoms with E-state index in [9.17, 15) is 4.79 Å². The van der Waals surface area contributed by atoms with E-state index in [-0.39, 0.29) is 6.42 Å². The maximum Gasteiger partial charge on any atom is 0.309 e. The van der Waals surface area contributed by atoms with Crippen LogP contribution < -0.4 is 4.90 Å². The summed E-state index contributed by atoms with van der Waals surface area (Å²) in [4.78, 5) is 17.2. The third kappa shape index (κ3) is 2.95. The summed E-state index contributed by atoms with van der Waals surface area (Å²) in [7, 11) is 0. The largest absolute Gasteiger partial charge is 0.481 e. The molecule has 1 N–H and O–H groups in total. The average molecular weight is 256 g/mol. The highest BCUT2D eigenvalue weighted by molar-refractivity contribution is 7.13. The van der Waals surface area contributed by atoms with Crippen LogP contribution in [0.1, 0.15) is 19.0 Å². The molecule has 1 aromatic heterocycles. The van der Waals surface area contributed by atoms with Crippen LogP contribution >= 0.6 is 11.3 Å². The Hall–Kier alpha value is -1.14. The van der Waals surface area contributed by atoms with Crippen molar-refractivity contribution in [2.75, 3.05) is 24.7 Å². The van der Waals surface area contributed by atoms with Gasteiger partial charge in [0.2, 0.25) is 0 Å². The van der Waals surface area contributed by atoms with Crippen LogP contribution in [0.25, 0.3) is 0 Å². The van der Waals surface area contributed by atoms with E-state index in [1.165, 1.54) is 11.3 Å². The highest BCUT2D eigenvalue weighted by Crippen LogP contribution is 2.25. The molecule has 1 aliphatic heterocycles. The van der Waals surface area contributed by atoms with Crippen molar-refractivity contribution < 1.29 is 14.6 Å². The van der Waals surface area contributed by atoms with Gasteiger partial charge in [0, 0.05) is 11.9 Å².